The second kappa shape index (κ2) is 8.51. The van der Waals surface area contributed by atoms with Crippen molar-refractivity contribution >= 4 is 40.0 Å². The van der Waals surface area contributed by atoms with Gasteiger partial charge in [0.1, 0.15) is 0 Å². The first-order valence-electron chi connectivity index (χ1n) is 9.74. The van der Waals surface area contributed by atoms with Crippen molar-refractivity contribution in [3.05, 3.63) is 57.5 Å². The van der Waals surface area contributed by atoms with Gasteiger partial charge in [0.15, 0.2) is 5.58 Å². The van der Waals surface area contributed by atoms with Gasteiger partial charge in [-0.2, -0.15) is 0 Å². The maximum absolute atomic E-state index is 12.5. The molecule has 0 spiro atoms. The van der Waals surface area contributed by atoms with E-state index in [1.165, 1.54) is 0 Å². The van der Waals surface area contributed by atoms with Crippen molar-refractivity contribution in [1.29, 1.82) is 0 Å². The number of benzene rings is 2. The smallest absolute Gasteiger partial charge is 0.408 e. The van der Waals surface area contributed by atoms with E-state index in [0.717, 1.165) is 25.3 Å². The molecule has 3 aromatic rings. The van der Waals surface area contributed by atoms with Crippen LogP contribution < -0.4 is 16.0 Å². The van der Waals surface area contributed by atoms with Crippen molar-refractivity contribution in [2.24, 2.45) is 0 Å². The van der Waals surface area contributed by atoms with E-state index in [4.69, 9.17) is 16.0 Å². The molecule has 1 saturated heterocycles. The molecular weight excluding hydrogens is 408 g/mol. The molecule has 30 heavy (non-hydrogen) atoms. The molecular formula is C21H23ClN4O4. The van der Waals surface area contributed by atoms with Gasteiger partial charge in [-0.25, -0.2) is 4.79 Å². The summed E-state index contributed by atoms with van der Waals surface area (Å²) >= 11 is 6.10. The lowest BCUT2D eigenvalue weighted by molar-refractivity contribution is -0.117. The SMILES string of the molecule is C[C@@H]1CN(CC(=O)Nc2ccc3[nH]c(=O)oc3c2)CCN1c1ccc(Cl)c(CO)c1. The number of oxazole rings is 1. The third kappa shape index (κ3) is 4.35. The Morgan fingerprint density at radius 3 is 2.90 bits per heavy atom. The van der Waals surface area contributed by atoms with Crippen LogP contribution >= 0.6 is 11.6 Å². The van der Waals surface area contributed by atoms with Crippen molar-refractivity contribution in [1.82, 2.24) is 9.88 Å². The van der Waals surface area contributed by atoms with Crippen LogP contribution in [0.25, 0.3) is 11.1 Å². The van der Waals surface area contributed by atoms with Gasteiger partial charge in [-0.15, -0.1) is 0 Å². The number of halogens is 1. The monoisotopic (exact) mass is 430 g/mol. The molecule has 1 atom stereocenters. The molecule has 0 radical (unpaired) electrons. The fourth-order valence-corrected chi connectivity index (χ4v) is 4.03. The Bertz CT molecular complexity index is 1130. The van der Waals surface area contributed by atoms with Gasteiger partial charge in [0, 0.05) is 48.1 Å². The van der Waals surface area contributed by atoms with Crippen molar-refractivity contribution in [2.45, 2.75) is 19.6 Å². The number of carbonyl (C=O) groups excluding carboxylic acids is 1. The minimum absolute atomic E-state index is 0.0981. The zero-order chi connectivity index (χ0) is 21.3. The van der Waals surface area contributed by atoms with E-state index in [0.29, 0.717) is 27.4 Å². The first kappa shape index (κ1) is 20.5. The molecule has 3 N–H and O–H groups in total. The molecule has 4 rings (SSSR count). The first-order valence-corrected chi connectivity index (χ1v) is 10.1. The van der Waals surface area contributed by atoms with Crippen LogP contribution in [0.2, 0.25) is 5.02 Å². The lowest BCUT2D eigenvalue weighted by Crippen LogP contribution is -2.53. The van der Waals surface area contributed by atoms with Gasteiger partial charge in [-0.1, -0.05) is 11.6 Å². The molecule has 0 aliphatic carbocycles. The number of aromatic nitrogens is 1. The molecule has 1 aromatic heterocycles. The number of piperazine rings is 1. The number of nitrogens with zero attached hydrogens (tertiary/aromatic N) is 2. The Morgan fingerprint density at radius 1 is 1.30 bits per heavy atom. The summed E-state index contributed by atoms with van der Waals surface area (Å²) < 4.78 is 5.03. The van der Waals surface area contributed by atoms with E-state index in [1.807, 2.05) is 12.1 Å². The van der Waals surface area contributed by atoms with Gasteiger partial charge >= 0.3 is 5.76 Å². The highest BCUT2D eigenvalue weighted by Crippen LogP contribution is 2.26. The van der Waals surface area contributed by atoms with Crippen LogP contribution in [0.4, 0.5) is 11.4 Å². The summed E-state index contributed by atoms with van der Waals surface area (Å²) in [5.41, 5.74) is 3.30. The molecule has 1 aliphatic heterocycles. The molecule has 158 valence electrons. The van der Waals surface area contributed by atoms with Crippen molar-refractivity contribution in [3.8, 4) is 0 Å². The number of H-pyrrole nitrogens is 1. The summed E-state index contributed by atoms with van der Waals surface area (Å²) in [4.78, 5) is 30.7. The molecule has 2 heterocycles. The van der Waals surface area contributed by atoms with E-state index >= 15 is 0 Å². The largest absolute Gasteiger partial charge is 0.417 e. The van der Waals surface area contributed by atoms with E-state index in [2.05, 4.69) is 27.0 Å². The van der Waals surface area contributed by atoms with Gasteiger partial charge in [-0.3, -0.25) is 14.7 Å². The average molecular weight is 431 g/mol. The quantitative estimate of drug-likeness (QED) is 0.574. The minimum atomic E-state index is -0.521. The van der Waals surface area contributed by atoms with Crippen LogP contribution in [0.5, 0.6) is 0 Å². The number of aromatic amines is 1. The fourth-order valence-electron chi connectivity index (χ4n) is 3.85. The van der Waals surface area contributed by atoms with Crippen LogP contribution in [0.3, 0.4) is 0 Å². The molecule has 2 aromatic carbocycles. The zero-order valence-corrected chi connectivity index (χ0v) is 17.3. The number of anilines is 2. The lowest BCUT2D eigenvalue weighted by Gasteiger charge is -2.41. The number of rotatable bonds is 5. The third-order valence-electron chi connectivity index (χ3n) is 5.31. The van der Waals surface area contributed by atoms with Crippen LogP contribution in [-0.4, -0.2) is 53.1 Å². The lowest BCUT2D eigenvalue weighted by atomic mass is 10.1. The van der Waals surface area contributed by atoms with E-state index in [1.54, 1.807) is 24.3 Å². The predicted octanol–water partition coefficient (Wildman–Crippen LogP) is 2.42. The highest BCUT2D eigenvalue weighted by Gasteiger charge is 2.25. The average Bonchev–Trinajstić information content (AvgIpc) is 3.08. The van der Waals surface area contributed by atoms with Crippen LogP contribution in [0.1, 0.15) is 12.5 Å². The zero-order valence-electron chi connectivity index (χ0n) is 16.5. The van der Waals surface area contributed by atoms with Gasteiger partial charge in [0.2, 0.25) is 5.91 Å². The van der Waals surface area contributed by atoms with Crippen LogP contribution in [0.15, 0.2) is 45.6 Å². The fraction of sp³-hybridized carbons (Fsp3) is 0.333. The molecule has 9 heteroatoms. The Morgan fingerprint density at radius 2 is 2.13 bits per heavy atom. The van der Waals surface area contributed by atoms with E-state index in [-0.39, 0.29) is 25.1 Å². The highest BCUT2D eigenvalue weighted by atomic mass is 35.5. The molecule has 1 aliphatic rings. The maximum Gasteiger partial charge on any atom is 0.417 e. The normalized spacial score (nSPS) is 17.4. The Kier molecular flexibility index (Phi) is 5.80. The van der Waals surface area contributed by atoms with Crippen molar-refractivity contribution in [2.75, 3.05) is 36.4 Å². The number of hydrogen-bond acceptors (Lipinski definition) is 6. The number of carbonyl (C=O) groups is 1. The van der Waals surface area contributed by atoms with E-state index < -0.39 is 5.76 Å². The topological polar surface area (TPSA) is 102 Å². The molecule has 8 nitrogen and oxygen atoms in total. The van der Waals surface area contributed by atoms with Crippen molar-refractivity contribution < 1.29 is 14.3 Å². The van der Waals surface area contributed by atoms with Crippen molar-refractivity contribution in [3.63, 3.8) is 0 Å². The summed E-state index contributed by atoms with van der Waals surface area (Å²) in [5, 5.41) is 12.9. The maximum atomic E-state index is 12.5. The summed E-state index contributed by atoms with van der Waals surface area (Å²) in [6, 6.07) is 10.9. The van der Waals surface area contributed by atoms with E-state index in [9.17, 15) is 14.7 Å². The molecule has 0 saturated carbocycles. The third-order valence-corrected chi connectivity index (χ3v) is 5.68. The van der Waals surface area contributed by atoms with Gasteiger partial charge < -0.3 is 19.7 Å². The minimum Gasteiger partial charge on any atom is -0.408 e. The Balaban J connectivity index is 1.36. The molecule has 1 fully saturated rings. The number of aliphatic hydroxyl groups excluding tert-OH is 1. The predicted molar refractivity (Wildman–Crippen MR) is 116 cm³/mol. The molecule has 0 bridgehead atoms. The summed E-state index contributed by atoms with van der Waals surface area (Å²) in [7, 11) is 0. The second-order valence-corrected chi connectivity index (χ2v) is 7.89. The number of nitrogens with one attached hydrogen (secondary N) is 2. The van der Waals surface area contributed by atoms with Gasteiger partial charge in [0.25, 0.3) is 0 Å². The van der Waals surface area contributed by atoms with Crippen LogP contribution in [-0.2, 0) is 11.4 Å². The van der Waals surface area contributed by atoms with Gasteiger partial charge in [0.05, 0.1) is 18.7 Å². The molecule has 0 unspecified atom stereocenters. The highest BCUT2D eigenvalue weighted by molar-refractivity contribution is 6.31. The molecule has 1 amide bonds. The summed E-state index contributed by atoms with van der Waals surface area (Å²) in [6.45, 7) is 4.52. The first-order chi connectivity index (χ1) is 14.4. The van der Waals surface area contributed by atoms with Crippen LogP contribution in [0, 0.1) is 0 Å². The number of fused-ring (bicyclic) bond motifs is 1. The van der Waals surface area contributed by atoms with Gasteiger partial charge in [-0.05, 0) is 42.8 Å². The standard InChI is InChI=1S/C21H23ClN4O4/c1-13-10-25(6-7-26(13)16-3-4-17(22)14(8-16)12-27)11-20(28)23-15-2-5-18-19(9-15)30-21(29)24-18/h2-5,8-9,13,27H,6-7,10-12H2,1H3,(H,23,28)(H,24,29)/t13-/m1/s1. The number of aliphatic hydroxyl groups is 1. The Hall–Kier alpha value is -2.81. The summed E-state index contributed by atoms with van der Waals surface area (Å²) in [6.07, 6.45) is 0. The summed E-state index contributed by atoms with van der Waals surface area (Å²) in [5.74, 6) is -0.644. The second-order valence-electron chi connectivity index (χ2n) is 7.48. The number of amides is 1. The Labute approximate surface area is 178 Å². The number of hydrogen-bond donors (Lipinski definition) is 3.